The lowest BCUT2D eigenvalue weighted by atomic mass is 9.81. The first-order valence-corrected chi connectivity index (χ1v) is 6.97. The van der Waals surface area contributed by atoms with Crippen molar-refractivity contribution in [2.24, 2.45) is 11.1 Å². The van der Waals surface area contributed by atoms with Crippen LogP contribution < -0.4 is 5.73 Å². The Balaban J connectivity index is 1.93. The molecule has 2 fully saturated rings. The van der Waals surface area contributed by atoms with E-state index in [0.717, 1.165) is 12.1 Å². The van der Waals surface area contributed by atoms with Gasteiger partial charge in [0.2, 0.25) is 0 Å². The summed E-state index contributed by atoms with van der Waals surface area (Å²) in [7, 11) is 0. The third-order valence-corrected chi connectivity index (χ3v) is 4.28. The average Bonchev–Trinajstić information content (AvgIpc) is 2.12. The smallest absolute Gasteiger partial charge is 0.0113 e. The van der Waals surface area contributed by atoms with Crippen molar-refractivity contribution in [2.45, 2.75) is 77.4 Å². The summed E-state index contributed by atoms with van der Waals surface area (Å²) in [5.74, 6) is 0. The van der Waals surface area contributed by atoms with Gasteiger partial charge in [-0.15, -0.1) is 0 Å². The highest BCUT2D eigenvalue weighted by Crippen LogP contribution is 2.34. The summed E-state index contributed by atoms with van der Waals surface area (Å²) in [5.41, 5.74) is 6.61. The lowest BCUT2D eigenvalue weighted by Gasteiger charge is -2.49. The first kappa shape index (κ1) is 12.4. The van der Waals surface area contributed by atoms with Crippen molar-refractivity contribution in [3.8, 4) is 0 Å². The zero-order chi connectivity index (χ0) is 11.8. The van der Waals surface area contributed by atoms with Gasteiger partial charge in [0.1, 0.15) is 0 Å². The van der Waals surface area contributed by atoms with Crippen LogP contribution in [0.4, 0.5) is 0 Å². The molecule has 0 aromatic heterocycles. The van der Waals surface area contributed by atoms with Crippen LogP contribution in [0.2, 0.25) is 0 Å². The van der Waals surface area contributed by atoms with Gasteiger partial charge in [0.15, 0.2) is 0 Å². The molecule has 2 aliphatic rings. The molecular weight excluding hydrogens is 196 g/mol. The summed E-state index contributed by atoms with van der Waals surface area (Å²) in [6.07, 6.45) is 7.98. The largest absolute Gasteiger partial charge is 0.328 e. The van der Waals surface area contributed by atoms with Crippen molar-refractivity contribution < 1.29 is 0 Å². The molecule has 2 N–H and O–H groups in total. The zero-order valence-corrected chi connectivity index (χ0v) is 11.2. The van der Waals surface area contributed by atoms with E-state index in [-0.39, 0.29) is 0 Å². The quantitative estimate of drug-likeness (QED) is 0.781. The van der Waals surface area contributed by atoms with E-state index < -0.39 is 0 Å². The Kier molecular flexibility index (Phi) is 3.60. The minimum absolute atomic E-state index is 0.466. The standard InChI is InChI=1S/C14H28N2/c1-14(2,3)7-8-16-12-5-4-6-13(16)10-11(15)9-12/h11-13H,4-10,15H2,1-3H3. The van der Waals surface area contributed by atoms with Gasteiger partial charge in [0.25, 0.3) is 0 Å². The molecule has 0 amide bonds. The lowest BCUT2D eigenvalue weighted by Crippen LogP contribution is -2.55. The van der Waals surface area contributed by atoms with Crippen molar-refractivity contribution in [1.29, 1.82) is 0 Å². The number of piperidine rings is 2. The Morgan fingerprint density at radius 3 is 2.19 bits per heavy atom. The Hall–Kier alpha value is -0.0800. The van der Waals surface area contributed by atoms with Gasteiger partial charge in [-0.05, 0) is 44.1 Å². The van der Waals surface area contributed by atoms with Crippen molar-refractivity contribution in [2.75, 3.05) is 6.54 Å². The molecule has 0 aromatic carbocycles. The molecule has 2 unspecified atom stereocenters. The summed E-state index contributed by atoms with van der Waals surface area (Å²) in [6.45, 7) is 8.32. The number of nitrogens with two attached hydrogens (primary N) is 1. The molecule has 2 aliphatic heterocycles. The molecular formula is C14H28N2. The molecule has 2 nitrogen and oxygen atoms in total. The highest BCUT2D eigenvalue weighted by atomic mass is 15.2. The van der Waals surface area contributed by atoms with E-state index in [2.05, 4.69) is 25.7 Å². The van der Waals surface area contributed by atoms with E-state index in [1.807, 2.05) is 0 Å². The van der Waals surface area contributed by atoms with Gasteiger partial charge in [-0.1, -0.05) is 27.2 Å². The van der Waals surface area contributed by atoms with Crippen LogP contribution in [-0.2, 0) is 0 Å². The molecule has 2 rings (SSSR count). The van der Waals surface area contributed by atoms with Crippen LogP contribution in [0.25, 0.3) is 0 Å². The molecule has 0 saturated carbocycles. The topological polar surface area (TPSA) is 29.3 Å². The fraction of sp³-hybridized carbons (Fsp3) is 1.00. The molecule has 0 aromatic rings. The van der Waals surface area contributed by atoms with E-state index in [4.69, 9.17) is 5.73 Å². The minimum Gasteiger partial charge on any atom is -0.328 e. The van der Waals surface area contributed by atoms with E-state index in [1.165, 1.54) is 45.1 Å². The van der Waals surface area contributed by atoms with Crippen LogP contribution in [0, 0.1) is 5.41 Å². The maximum atomic E-state index is 6.14. The molecule has 0 aliphatic carbocycles. The number of nitrogens with zero attached hydrogens (tertiary/aromatic N) is 1. The van der Waals surface area contributed by atoms with Gasteiger partial charge in [0.05, 0.1) is 0 Å². The highest BCUT2D eigenvalue weighted by molar-refractivity contribution is 4.94. The van der Waals surface area contributed by atoms with Crippen LogP contribution >= 0.6 is 0 Å². The fourth-order valence-electron chi connectivity index (χ4n) is 3.35. The van der Waals surface area contributed by atoms with E-state index in [0.29, 0.717) is 11.5 Å². The molecule has 94 valence electrons. The van der Waals surface area contributed by atoms with Crippen molar-refractivity contribution in [1.82, 2.24) is 4.90 Å². The number of hydrogen-bond acceptors (Lipinski definition) is 2. The maximum Gasteiger partial charge on any atom is 0.0113 e. The second-order valence-corrected chi connectivity index (χ2v) is 7.02. The second kappa shape index (κ2) is 4.66. The Bertz CT molecular complexity index is 217. The molecule has 2 bridgehead atoms. The molecule has 0 radical (unpaired) electrons. The number of hydrogen-bond donors (Lipinski definition) is 1. The Morgan fingerprint density at radius 1 is 1.12 bits per heavy atom. The number of rotatable bonds is 2. The summed E-state index contributed by atoms with van der Waals surface area (Å²) >= 11 is 0. The summed E-state index contributed by atoms with van der Waals surface area (Å²) < 4.78 is 0. The third-order valence-electron chi connectivity index (χ3n) is 4.28. The van der Waals surface area contributed by atoms with Crippen LogP contribution in [0.1, 0.15) is 59.3 Å². The molecule has 2 saturated heterocycles. The lowest BCUT2D eigenvalue weighted by molar-refractivity contribution is 0.0236. The van der Waals surface area contributed by atoms with Crippen LogP contribution in [0.5, 0.6) is 0 Å². The Morgan fingerprint density at radius 2 is 1.69 bits per heavy atom. The van der Waals surface area contributed by atoms with Crippen LogP contribution in [0.3, 0.4) is 0 Å². The maximum absolute atomic E-state index is 6.14. The van der Waals surface area contributed by atoms with Gasteiger partial charge in [-0.25, -0.2) is 0 Å². The molecule has 0 spiro atoms. The van der Waals surface area contributed by atoms with Gasteiger partial charge in [-0.3, -0.25) is 4.90 Å². The first-order valence-electron chi connectivity index (χ1n) is 6.97. The van der Waals surface area contributed by atoms with Gasteiger partial charge in [0, 0.05) is 18.1 Å². The fourth-order valence-corrected chi connectivity index (χ4v) is 3.35. The van der Waals surface area contributed by atoms with Crippen LogP contribution in [-0.4, -0.2) is 29.6 Å². The van der Waals surface area contributed by atoms with E-state index in [9.17, 15) is 0 Å². The SMILES string of the molecule is CC(C)(C)CCN1C2CCCC1CC(N)C2. The Labute approximate surface area is 101 Å². The van der Waals surface area contributed by atoms with Gasteiger partial charge < -0.3 is 5.73 Å². The van der Waals surface area contributed by atoms with Crippen LogP contribution in [0.15, 0.2) is 0 Å². The van der Waals surface area contributed by atoms with Gasteiger partial charge >= 0.3 is 0 Å². The third kappa shape index (κ3) is 2.98. The van der Waals surface area contributed by atoms with E-state index >= 15 is 0 Å². The monoisotopic (exact) mass is 224 g/mol. The molecule has 16 heavy (non-hydrogen) atoms. The van der Waals surface area contributed by atoms with Crippen molar-refractivity contribution >= 4 is 0 Å². The normalized spacial score (nSPS) is 36.4. The zero-order valence-electron chi connectivity index (χ0n) is 11.2. The minimum atomic E-state index is 0.466. The predicted molar refractivity (Wildman–Crippen MR) is 69.4 cm³/mol. The predicted octanol–water partition coefficient (Wildman–Crippen LogP) is 2.77. The van der Waals surface area contributed by atoms with E-state index in [1.54, 1.807) is 0 Å². The summed E-state index contributed by atoms with van der Waals surface area (Å²) in [5, 5.41) is 0. The van der Waals surface area contributed by atoms with Crippen molar-refractivity contribution in [3.05, 3.63) is 0 Å². The summed E-state index contributed by atoms with van der Waals surface area (Å²) in [4.78, 5) is 2.78. The average molecular weight is 224 g/mol. The molecule has 2 atom stereocenters. The molecule has 2 heterocycles. The highest BCUT2D eigenvalue weighted by Gasteiger charge is 2.36. The second-order valence-electron chi connectivity index (χ2n) is 7.02. The van der Waals surface area contributed by atoms with Crippen molar-refractivity contribution in [3.63, 3.8) is 0 Å². The summed E-state index contributed by atoms with van der Waals surface area (Å²) in [6, 6.07) is 2.07. The number of fused-ring (bicyclic) bond motifs is 2. The van der Waals surface area contributed by atoms with Gasteiger partial charge in [-0.2, -0.15) is 0 Å². The first-order chi connectivity index (χ1) is 7.46. The molecule has 2 heteroatoms.